The molecule has 0 unspecified atom stereocenters. The van der Waals surface area contributed by atoms with Crippen molar-refractivity contribution in [3.8, 4) is 0 Å². The Bertz CT molecular complexity index is 393. The zero-order chi connectivity index (χ0) is 17.2. The van der Waals surface area contributed by atoms with E-state index in [1.807, 2.05) is 0 Å². The summed E-state index contributed by atoms with van der Waals surface area (Å²) >= 11 is 2.27. The van der Waals surface area contributed by atoms with E-state index in [1.165, 1.54) is 63.5 Å². The van der Waals surface area contributed by atoms with E-state index in [2.05, 4.69) is 30.8 Å². The van der Waals surface area contributed by atoms with Gasteiger partial charge in [0, 0.05) is 11.7 Å². The first kappa shape index (κ1) is 19.9. The largest absolute Gasteiger partial charge is 0.481 e. The number of allylic oxidation sites excluding steroid dienone is 2. The molecule has 24 heavy (non-hydrogen) atoms. The number of thioether (sulfide) groups is 1. The Morgan fingerprint density at radius 3 is 2.67 bits per heavy atom. The van der Waals surface area contributed by atoms with E-state index in [-0.39, 0.29) is 0 Å². The molecule has 0 aromatic carbocycles. The maximum atomic E-state index is 10.5. The average Bonchev–Trinajstić information content (AvgIpc) is 3.15. The molecule has 2 nitrogen and oxygen atoms in total. The second-order valence-corrected chi connectivity index (χ2v) is 9.03. The maximum absolute atomic E-state index is 10.5. The van der Waals surface area contributed by atoms with E-state index in [9.17, 15) is 4.79 Å². The minimum Gasteiger partial charge on any atom is -0.481 e. The fourth-order valence-electron chi connectivity index (χ4n) is 4.61. The van der Waals surface area contributed by atoms with Crippen LogP contribution in [0.2, 0.25) is 0 Å². The van der Waals surface area contributed by atoms with Gasteiger partial charge in [0.2, 0.25) is 0 Å². The van der Waals surface area contributed by atoms with Crippen molar-refractivity contribution in [2.45, 2.75) is 89.2 Å². The molecule has 4 atom stereocenters. The second-order valence-electron chi connectivity index (χ2n) is 7.74. The highest BCUT2D eigenvalue weighted by atomic mass is 32.2. The summed E-state index contributed by atoms with van der Waals surface area (Å²) in [5.74, 6) is 3.53. The van der Waals surface area contributed by atoms with Crippen molar-refractivity contribution >= 4 is 17.7 Å². The Labute approximate surface area is 152 Å². The minimum atomic E-state index is -0.674. The number of carboxylic acid groups (broad SMARTS) is 1. The molecule has 0 heterocycles. The molecule has 2 aliphatic carbocycles. The first-order valence-electron chi connectivity index (χ1n) is 10.2. The number of fused-ring (bicyclic) bond motifs is 2. The third-order valence-electron chi connectivity index (χ3n) is 5.90. The van der Waals surface area contributed by atoms with Gasteiger partial charge < -0.3 is 5.11 Å². The second kappa shape index (κ2) is 11.2. The van der Waals surface area contributed by atoms with E-state index < -0.39 is 5.97 Å². The molecule has 0 spiro atoms. The molecule has 3 heteroatoms. The van der Waals surface area contributed by atoms with Crippen LogP contribution in [-0.2, 0) is 4.79 Å². The zero-order valence-corrected chi connectivity index (χ0v) is 16.2. The average molecular weight is 353 g/mol. The summed E-state index contributed by atoms with van der Waals surface area (Å²) in [6.07, 6.45) is 19.1. The third-order valence-corrected chi connectivity index (χ3v) is 7.54. The van der Waals surface area contributed by atoms with Gasteiger partial charge in [0.1, 0.15) is 0 Å². The van der Waals surface area contributed by atoms with E-state index in [0.717, 1.165) is 35.8 Å². The lowest BCUT2D eigenvalue weighted by molar-refractivity contribution is -0.137. The number of carboxylic acids is 1. The molecule has 1 N–H and O–H groups in total. The predicted molar refractivity (Wildman–Crippen MR) is 105 cm³/mol. The SMILES string of the molecule is CCCCCCCS[C@@H]1[C@H]2CC[C@H](C2)[C@H]1C/C=C\CCCC(=O)O. The molecule has 0 aromatic rings. The predicted octanol–water partition coefficient (Wildman–Crippen LogP) is 6.31. The molecule has 2 bridgehead atoms. The van der Waals surface area contributed by atoms with Gasteiger partial charge in [-0.3, -0.25) is 4.79 Å². The van der Waals surface area contributed by atoms with Crippen molar-refractivity contribution in [2.24, 2.45) is 17.8 Å². The summed E-state index contributed by atoms with van der Waals surface area (Å²) in [5, 5.41) is 9.57. The van der Waals surface area contributed by atoms with Crippen LogP contribution in [0, 0.1) is 17.8 Å². The quantitative estimate of drug-likeness (QED) is 0.312. The normalized spacial score (nSPS) is 28.9. The van der Waals surface area contributed by atoms with Crippen LogP contribution in [0.15, 0.2) is 12.2 Å². The summed E-state index contributed by atoms with van der Waals surface area (Å²) in [7, 11) is 0. The molecule has 2 rings (SSSR count). The highest BCUT2D eigenvalue weighted by Crippen LogP contribution is 2.54. The van der Waals surface area contributed by atoms with Gasteiger partial charge in [-0.15, -0.1) is 0 Å². The first-order valence-corrected chi connectivity index (χ1v) is 11.3. The van der Waals surface area contributed by atoms with Crippen molar-refractivity contribution < 1.29 is 9.90 Å². The number of hydrogen-bond acceptors (Lipinski definition) is 2. The highest BCUT2D eigenvalue weighted by molar-refractivity contribution is 7.99. The van der Waals surface area contributed by atoms with Crippen LogP contribution in [0.4, 0.5) is 0 Å². The van der Waals surface area contributed by atoms with E-state index in [1.54, 1.807) is 0 Å². The molecule has 0 aromatic heterocycles. The first-order chi connectivity index (χ1) is 11.7. The van der Waals surface area contributed by atoms with Gasteiger partial charge in [0.25, 0.3) is 0 Å². The van der Waals surface area contributed by atoms with Gasteiger partial charge in [-0.05, 0) is 68.5 Å². The molecule has 138 valence electrons. The molecule has 2 saturated carbocycles. The van der Waals surface area contributed by atoms with Gasteiger partial charge >= 0.3 is 5.97 Å². The van der Waals surface area contributed by atoms with Crippen LogP contribution in [0.5, 0.6) is 0 Å². The van der Waals surface area contributed by atoms with Crippen LogP contribution in [0.1, 0.15) is 84.0 Å². The fraction of sp³-hybridized carbons (Fsp3) is 0.857. The maximum Gasteiger partial charge on any atom is 0.303 e. The van der Waals surface area contributed by atoms with Crippen molar-refractivity contribution in [1.29, 1.82) is 0 Å². The Hall–Kier alpha value is -0.440. The zero-order valence-electron chi connectivity index (χ0n) is 15.4. The Balaban J connectivity index is 1.65. The summed E-state index contributed by atoms with van der Waals surface area (Å²) in [6, 6.07) is 0. The van der Waals surface area contributed by atoms with Crippen molar-refractivity contribution in [2.75, 3.05) is 5.75 Å². The van der Waals surface area contributed by atoms with Crippen LogP contribution >= 0.6 is 11.8 Å². The van der Waals surface area contributed by atoms with Gasteiger partial charge in [-0.1, -0.05) is 44.8 Å². The van der Waals surface area contributed by atoms with E-state index in [0.29, 0.717) is 6.42 Å². The van der Waals surface area contributed by atoms with Crippen LogP contribution in [0.3, 0.4) is 0 Å². The van der Waals surface area contributed by atoms with Gasteiger partial charge in [-0.25, -0.2) is 0 Å². The molecule has 0 aliphatic heterocycles. The lowest BCUT2D eigenvalue weighted by Crippen LogP contribution is -2.24. The molecule has 0 radical (unpaired) electrons. The highest BCUT2D eigenvalue weighted by Gasteiger charge is 2.46. The lowest BCUT2D eigenvalue weighted by atomic mass is 9.86. The summed E-state index contributed by atoms with van der Waals surface area (Å²) in [6.45, 7) is 2.28. The van der Waals surface area contributed by atoms with Crippen LogP contribution in [-0.4, -0.2) is 22.1 Å². The van der Waals surface area contributed by atoms with Crippen LogP contribution < -0.4 is 0 Å². The van der Waals surface area contributed by atoms with E-state index >= 15 is 0 Å². The Morgan fingerprint density at radius 1 is 1.08 bits per heavy atom. The molecule has 2 fully saturated rings. The Morgan fingerprint density at radius 2 is 1.88 bits per heavy atom. The lowest BCUT2D eigenvalue weighted by Gasteiger charge is -2.30. The molecule has 0 saturated heterocycles. The minimum absolute atomic E-state index is 0.301. The summed E-state index contributed by atoms with van der Waals surface area (Å²) < 4.78 is 0. The smallest absolute Gasteiger partial charge is 0.303 e. The van der Waals surface area contributed by atoms with Gasteiger partial charge in [-0.2, -0.15) is 11.8 Å². The van der Waals surface area contributed by atoms with Crippen molar-refractivity contribution in [3.05, 3.63) is 12.2 Å². The summed E-state index contributed by atoms with van der Waals surface area (Å²) in [5.41, 5.74) is 0. The summed E-state index contributed by atoms with van der Waals surface area (Å²) in [4.78, 5) is 10.5. The molecular formula is C21H36O2S. The van der Waals surface area contributed by atoms with Gasteiger partial charge in [0.15, 0.2) is 0 Å². The number of unbranched alkanes of at least 4 members (excludes halogenated alkanes) is 5. The molecule has 2 aliphatic rings. The fourth-order valence-corrected chi connectivity index (χ4v) is 6.35. The number of carbonyl (C=O) groups is 1. The Kier molecular flexibility index (Phi) is 9.30. The molecule has 0 amide bonds. The molecular weight excluding hydrogens is 316 g/mol. The van der Waals surface area contributed by atoms with Crippen LogP contribution in [0.25, 0.3) is 0 Å². The number of hydrogen-bond donors (Lipinski definition) is 1. The van der Waals surface area contributed by atoms with Gasteiger partial charge in [0.05, 0.1) is 0 Å². The van der Waals surface area contributed by atoms with E-state index in [4.69, 9.17) is 5.11 Å². The van der Waals surface area contributed by atoms with Crippen molar-refractivity contribution in [1.82, 2.24) is 0 Å². The number of rotatable bonds is 13. The van der Waals surface area contributed by atoms with Crippen molar-refractivity contribution in [3.63, 3.8) is 0 Å². The standard InChI is InChI=1S/C21H36O2S/c1-2-3-4-7-10-15-24-21-18-14-13-17(16-18)19(21)11-8-5-6-9-12-20(22)23/h5,8,17-19,21H,2-4,6-7,9-16H2,1H3,(H,22,23)/b8-5-/t17-,18+,19-,21-/m1/s1. The third kappa shape index (κ3) is 6.46. The topological polar surface area (TPSA) is 37.3 Å². The monoisotopic (exact) mass is 352 g/mol. The number of aliphatic carboxylic acids is 1.